The summed E-state index contributed by atoms with van der Waals surface area (Å²) in [6.45, 7) is 8.29. The van der Waals surface area contributed by atoms with E-state index in [1.165, 1.54) is 19.3 Å². The first-order valence-corrected chi connectivity index (χ1v) is 6.27. The van der Waals surface area contributed by atoms with Crippen LogP contribution < -0.4 is 0 Å². The van der Waals surface area contributed by atoms with Gasteiger partial charge >= 0.3 is 5.97 Å². The normalized spacial score (nSPS) is 12.9. The van der Waals surface area contributed by atoms with Gasteiger partial charge < -0.3 is 4.74 Å². The standard InChI is InChI=1S/C13H26O2/c1-5-6-7-8-9-10-13(14)15-12(4)11(2)3/h11-12H,5-10H2,1-4H3. The van der Waals surface area contributed by atoms with Crippen molar-refractivity contribution in [3.05, 3.63) is 0 Å². The van der Waals surface area contributed by atoms with Crippen molar-refractivity contribution in [3.8, 4) is 0 Å². The molecular formula is C13H26O2. The molecule has 0 rings (SSSR count). The lowest BCUT2D eigenvalue weighted by Gasteiger charge is -2.16. The first-order chi connectivity index (χ1) is 7.07. The first-order valence-electron chi connectivity index (χ1n) is 6.27. The van der Waals surface area contributed by atoms with E-state index in [0.29, 0.717) is 12.3 Å². The number of rotatable bonds is 8. The summed E-state index contributed by atoms with van der Waals surface area (Å²) in [5, 5.41) is 0. The van der Waals surface area contributed by atoms with Gasteiger partial charge in [0.15, 0.2) is 0 Å². The molecule has 0 aliphatic rings. The fourth-order valence-electron chi connectivity index (χ4n) is 1.28. The van der Waals surface area contributed by atoms with Crippen molar-refractivity contribution in [2.45, 2.75) is 72.3 Å². The van der Waals surface area contributed by atoms with Gasteiger partial charge in [0.1, 0.15) is 6.10 Å². The van der Waals surface area contributed by atoms with Crippen LogP contribution in [-0.2, 0) is 9.53 Å². The molecule has 2 nitrogen and oxygen atoms in total. The fraction of sp³-hybridized carbons (Fsp3) is 0.923. The van der Waals surface area contributed by atoms with Crippen molar-refractivity contribution >= 4 is 5.97 Å². The number of ether oxygens (including phenoxy) is 1. The first kappa shape index (κ1) is 14.5. The molecule has 0 aromatic carbocycles. The Morgan fingerprint density at radius 1 is 1.07 bits per heavy atom. The molecule has 0 fully saturated rings. The van der Waals surface area contributed by atoms with Gasteiger partial charge in [-0.3, -0.25) is 4.79 Å². The molecule has 1 atom stereocenters. The zero-order valence-electron chi connectivity index (χ0n) is 10.7. The fourth-order valence-corrected chi connectivity index (χ4v) is 1.28. The van der Waals surface area contributed by atoms with E-state index in [1.807, 2.05) is 6.92 Å². The van der Waals surface area contributed by atoms with Crippen molar-refractivity contribution < 1.29 is 9.53 Å². The number of esters is 1. The SMILES string of the molecule is CCCCCCCC(=O)OC(C)C(C)C. The minimum Gasteiger partial charge on any atom is -0.462 e. The Balaban J connectivity index is 3.41. The summed E-state index contributed by atoms with van der Waals surface area (Å²) in [7, 11) is 0. The zero-order valence-corrected chi connectivity index (χ0v) is 10.7. The molecule has 0 aromatic rings. The van der Waals surface area contributed by atoms with E-state index in [1.54, 1.807) is 0 Å². The van der Waals surface area contributed by atoms with E-state index in [9.17, 15) is 4.79 Å². The summed E-state index contributed by atoms with van der Waals surface area (Å²) < 4.78 is 5.28. The minimum absolute atomic E-state index is 0.0345. The lowest BCUT2D eigenvalue weighted by Crippen LogP contribution is -2.19. The van der Waals surface area contributed by atoms with E-state index >= 15 is 0 Å². The van der Waals surface area contributed by atoms with Gasteiger partial charge in [0.25, 0.3) is 0 Å². The van der Waals surface area contributed by atoms with E-state index < -0.39 is 0 Å². The Hall–Kier alpha value is -0.530. The summed E-state index contributed by atoms with van der Waals surface area (Å²) in [5.74, 6) is 0.377. The van der Waals surface area contributed by atoms with Crippen LogP contribution in [0.2, 0.25) is 0 Å². The van der Waals surface area contributed by atoms with Crippen LogP contribution in [0.1, 0.15) is 66.2 Å². The Morgan fingerprint density at radius 3 is 2.20 bits per heavy atom. The summed E-state index contributed by atoms with van der Waals surface area (Å²) in [4.78, 5) is 11.4. The van der Waals surface area contributed by atoms with E-state index in [0.717, 1.165) is 12.8 Å². The number of carbonyl (C=O) groups excluding carboxylic acids is 1. The molecule has 15 heavy (non-hydrogen) atoms. The van der Waals surface area contributed by atoms with Gasteiger partial charge in [-0.05, 0) is 19.3 Å². The maximum Gasteiger partial charge on any atom is 0.306 e. The van der Waals surface area contributed by atoms with Crippen LogP contribution in [-0.4, -0.2) is 12.1 Å². The zero-order chi connectivity index (χ0) is 11.7. The topological polar surface area (TPSA) is 26.3 Å². The predicted octanol–water partition coefficient (Wildman–Crippen LogP) is 3.93. The lowest BCUT2D eigenvalue weighted by atomic mass is 10.1. The molecule has 0 saturated carbocycles. The molecular weight excluding hydrogens is 188 g/mol. The molecule has 0 bridgehead atoms. The maximum atomic E-state index is 11.4. The van der Waals surface area contributed by atoms with Gasteiger partial charge in [-0.1, -0.05) is 46.5 Å². The molecule has 1 unspecified atom stereocenters. The van der Waals surface area contributed by atoms with Crippen LogP contribution in [0.3, 0.4) is 0 Å². The number of unbranched alkanes of at least 4 members (excludes halogenated alkanes) is 4. The summed E-state index contributed by atoms with van der Waals surface area (Å²) >= 11 is 0. The van der Waals surface area contributed by atoms with Gasteiger partial charge in [0, 0.05) is 6.42 Å². The van der Waals surface area contributed by atoms with Gasteiger partial charge in [0.2, 0.25) is 0 Å². The van der Waals surface area contributed by atoms with E-state index in [2.05, 4.69) is 20.8 Å². The molecule has 2 heteroatoms. The maximum absolute atomic E-state index is 11.4. The molecule has 0 aromatic heterocycles. The van der Waals surface area contributed by atoms with Gasteiger partial charge in [-0.2, -0.15) is 0 Å². The molecule has 0 heterocycles. The minimum atomic E-state index is -0.0345. The second-order valence-electron chi connectivity index (χ2n) is 4.60. The monoisotopic (exact) mass is 214 g/mol. The van der Waals surface area contributed by atoms with Gasteiger partial charge in [-0.15, -0.1) is 0 Å². The molecule has 0 amide bonds. The van der Waals surface area contributed by atoms with Gasteiger partial charge in [0.05, 0.1) is 0 Å². The lowest BCUT2D eigenvalue weighted by molar-refractivity contribution is -0.150. The van der Waals surface area contributed by atoms with Crippen LogP contribution >= 0.6 is 0 Å². The highest BCUT2D eigenvalue weighted by molar-refractivity contribution is 5.69. The van der Waals surface area contributed by atoms with Crippen LogP contribution in [0.15, 0.2) is 0 Å². The third-order valence-corrected chi connectivity index (χ3v) is 2.74. The van der Waals surface area contributed by atoms with Crippen molar-refractivity contribution in [3.63, 3.8) is 0 Å². The molecule has 90 valence electrons. The van der Waals surface area contributed by atoms with Crippen LogP contribution in [0, 0.1) is 5.92 Å². The average Bonchev–Trinajstić information content (AvgIpc) is 2.17. The molecule has 0 radical (unpaired) electrons. The second kappa shape index (κ2) is 8.75. The van der Waals surface area contributed by atoms with Crippen molar-refractivity contribution in [1.29, 1.82) is 0 Å². The predicted molar refractivity (Wildman–Crippen MR) is 63.8 cm³/mol. The molecule has 0 spiro atoms. The van der Waals surface area contributed by atoms with Crippen LogP contribution in [0.25, 0.3) is 0 Å². The number of hydrogen-bond acceptors (Lipinski definition) is 2. The molecule has 0 aliphatic heterocycles. The average molecular weight is 214 g/mol. The second-order valence-corrected chi connectivity index (χ2v) is 4.60. The summed E-state index contributed by atoms with van der Waals surface area (Å²) in [6.07, 6.45) is 6.52. The Labute approximate surface area is 94.4 Å². The molecule has 0 N–H and O–H groups in total. The quantitative estimate of drug-likeness (QED) is 0.452. The Morgan fingerprint density at radius 2 is 1.67 bits per heavy atom. The molecule has 0 saturated heterocycles. The van der Waals surface area contributed by atoms with Crippen LogP contribution in [0.4, 0.5) is 0 Å². The number of carbonyl (C=O) groups is 1. The smallest absolute Gasteiger partial charge is 0.306 e. The number of hydrogen-bond donors (Lipinski definition) is 0. The largest absolute Gasteiger partial charge is 0.462 e. The Kier molecular flexibility index (Phi) is 8.44. The highest BCUT2D eigenvalue weighted by Gasteiger charge is 2.12. The third-order valence-electron chi connectivity index (χ3n) is 2.74. The van der Waals surface area contributed by atoms with Crippen molar-refractivity contribution in [2.24, 2.45) is 5.92 Å². The van der Waals surface area contributed by atoms with Crippen LogP contribution in [0.5, 0.6) is 0 Å². The Bertz CT molecular complexity index is 164. The molecule has 0 aliphatic carbocycles. The van der Waals surface area contributed by atoms with Crippen molar-refractivity contribution in [2.75, 3.05) is 0 Å². The summed E-state index contributed by atoms with van der Waals surface area (Å²) in [5.41, 5.74) is 0. The van der Waals surface area contributed by atoms with Crippen molar-refractivity contribution in [1.82, 2.24) is 0 Å². The van der Waals surface area contributed by atoms with Gasteiger partial charge in [-0.25, -0.2) is 0 Å². The van der Waals surface area contributed by atoms with E-state index in [-0.39, 0.29) is 12.1 Å². The third kappa shape index (κ3) is 8.46. The highest BCUT2D eigenvalue weighted by Crippen LogP contribution is 2.09. The van der Waals surface area contributed by atoms with E-state index in [4.69, 9.17) is 4.74 Å². The summed E-state index contributed by atoms with van der Waals surface area (Å²) in [6, 6.07) is 0. The highest BCUT2D eigenvalue weighted by atomic mass is 16.5.